The van der Waals surface area contributed by atoms with Gasteiger partial charge in [-0.25, -0.2) is 0 Å². The topological polar surface area (TPSA) is 91.4 Å². The van der Waals surface area contributed by atoms with Gasteiger partial charge in [0.25, 0.3) is 11.2 Å². The minimum Gasteiger partial charge on any atom is -0.425 e. The molecule has 4 aromatic rings. The summed E-state index contributed by atoms with van der Waals surface area (Å²) in [5, 5.41) is 12.2. The van der Waals surface area contributed by atoms with Gasteiger partial charge in [0, 0.05) is 28.6 Å². The molecule has 1 aliphatic heterocycles. The first-order chi connectivity index (χ1) is 15.1. The number of para-hydroxylation sites is 3. The van der Waals surface area contributed by atoms with Crippen LogP contribution >= 0.6 is 0 Å². The number of aromatic nitrogens is 1. The highest BCUT2D eigenvalue weighted by Gasteiger charge is 2.37. The molecule has 0 radical (unpaired) electrons. The van der Waals surface area contributed by atoms with E-state index in [2.05, 4.69) is 0 Å². The lowest BCUT2D eigenvalue weighted by molar-refractivity contribution is -0.385. The Morgan fingerprint density at radius 2 is 1.58 bits per heavy atom. The zero-order chi connectivity index (χ0) is 21.5. The Hall–Kier alpha value is -4.26. The van der Waals surface area contributed by atoms with Crippen molar-refractivity contribution in [3.05, 3.63) is 110 Å². The maximum absolute atomic E-state index is 13.8. The normalized spacial score (nSPS) is 15.4. The molecule has 7 heteroatoms. The molecule has 5 rings (SSSR count). The van der Waals surface area contributed by atoms with Gasteiger partial charge in [-0.3, -0.25) is 24.3 Å². The number of carbonyl (C=O) groups excluding carboxylic acids is 1. The summed E-state index contributed by atoms with van der Waals surface area (Å²) >= 11 is 0. The third-order valence-electron chi connectivity index (χ3n) is 5.53. The van der Waals surface area contributed by atoms with Crippen LogP contribution in [0.5, 0.6) is 5.75 Å². The lowest BCUT2D eigenvalue weighted by Gasteiger charge is -2.26. The van der Waals surface area contributed by atoms with Crippen molar-refractivity contribution in [1.29, 1.82) is 0 Å². The van der Waals surface area contributed by atoms with E-state index in [1.807, 2.05) is 30.3 Å². The summed E-state index contributed by atoms with van der Waals surface area (Å²) < 4.78 is 7.11. The van der Waals surface area contributed by atoms with E-state index in [0.717, 1.165) is 0 Å². The molecule has 0 bridgehead atoms. The number of carbonyl (C=O) groups is 1. The zero-order valence-electron chi connectivity index (χ0n) is 16.2. The fourth-order valence-corrected chi connectivity index (χ4v) is 4.22. The summed E-state index contributed by atoms with van der Waals surface area (Å²) in [6.45, 7) is 0. The minimum atomic E-state index is -0.787. The van der Waals surface area contributed by atoms with Gasteiger partial charge >= 0.3 is 5.97 Å². The van der Waals surface area contributed by atoms with Gasteiger partial charge in [-0.1, -0.05) is 48.5 Å². The largest absolute Gasteiger partial charge is 0.425 e. The van der Waals surface area contributed by atoms with Crippen LogP contribution in [0.15, 0.2) is 83.7 Å². The van der Waals surface area contributed by atoms with E-state index in [1.54, 1.807) is 47.0 Å². The van der Waals surface area contributed by atoms with Crippen LogP contribution in [0.25, 0.3) is 16.6 Å². The molecule has 0 saturated heterocycles. The third-order valence-corrected chi connectivity index (χ3v) is 5.53. The molecule has 152 valence electrons. The third kappa shape index (κ3) is 2.98. The van der Waals surface area contributed by atoms with Crippen LogP contribution in [0, 0.1) is 10.1 Å². The monoisotopic (exact) mass is 412 g/mol. The lowest BCUT2D eigenvalue weighted by atomic mass is 9.85. The van der Waals surface area contributed by atoms with E-state index in [4.69, 9.17) is 4.74 Å². The van der Waals surface area contributed by atoms with Gasteiger partial charge in [-0.05, 0) is 24.3 Å². The van der Waals surface area contributed by atoms with Gasteiger partial charge in [0.2, 0.25) is 0 Å². The molecule has 31 heavy (non-hydrogen) atoms. The predicted octanol–water partition coefficient (Wildman–Crippen LogP) is 4.34. The Morgan fingerprint density at radius 3 is 2.35 bits per heavy atom. The maximum Gasteiger partial charge on any atom is 0.312 e. The predicted molar refractivity (Wildman–Crippen MR) is 115 cm³/mol. The molecule has 1 aromatic heterocycles. The van der Waals surface area contributed by atoms with Gasteiger partial charge < -0.3 is 4.74 Å². The molecule has 0 aliphatic carbocycles. The second-order valence-electron chi connectivity index (χ2n) is 7.28. The van der Waals surface area contributed by atoms with Gasteiger partial charge in [0.1, 0.15) is 5.75 Å². The number of nitro benzene ring substituents is 1. The summed E-state index contributed by atoms with van der Waals surface area (Å²) in [6.07, 6.45) is -0.153. The average Bonchev–Trinajstić information content (AvgIpc) is 2.79. The van der Waals surface area contributed by atoms with E-state index in [1.165, 1.54) is 6.07 Å². The quantitative estimate of drug-likeness (QED) is 0.284. The van der Waals surface area contributed by atoms with Crippen molar-refractivity contribution in [3.63, 3.8) is 0 Å². The number of nitrogens with zero attached hydrogens (tertiary/aromatic N) is 2. The number of ether oxygens (including phenoxy) is 1. The van der Waals surface area contributed by atoms with Crippen LogP contribution in [0.3, 0.4) is 0 Å². The number of hydrogen-bond acceptors (Lipinski definition) is 5. The SMILES string of the molecule is O=C1CC(c2ccccc2[N+](=O)[O-])c2c(c3ccccc3n(-c3ccccc3)c2=O)O1. The molecule has 2 heterocycles. The van der Waals surface area contributed by atoms with E-state index in [9.17, 15) is 19.7 Å². The Bertz CT molecular complexity index is 1410. The summed E-state index contributed by atoms with van der Waals surface area (Å²) in [7, 11) is 0. The van der Waals surface area contributed by atoms with Crippen LogP contribution in [0.4, 0.5) is 5.69 Å². The first-order valence-electron chi connectivity index (χ1n) is 9.73. The van der Waals surface area contributed by atoms with Crippen molar-refractivity contribution < 1.29 is 14.5 Å². The van der Waals surface area contributed by atoms with Crippen molar-refractivity contribution in [2.45, 2.75) is 12.3 Å². The van der Waals surface area contributed by atoms with E-state index in [0.29, 0.717) is 22.2 Å². The number of nitro groups is 1. The highest BCUT2D eigenvalue weighted by atomic mass is 16.6. The summed E-state index contributed by atoms with van der Waals surface area (Å²) in [5.41, 5.74) is 1.31. The van der Waals surface area contributed by atoms with E-state index >= 15 is 0 Å². The smallest absolute Gasteiger partial charge is 0.312 e. The number of hydrogen-bond donors (Lipinski definition) is 0. The summed E-state index contributed by atoms with van der Waals surface area (Å²) in [6, 6.07) is 22.5. The van der Waals surface area contributed by atoms with Crippen LogP contribution in [0.1, 0.15) is 23.5 Å². The molecule has 1 unspecified atom stereocenters. The first-order valence-corrected chi connectivity index (χ1v) is 9.73. The minimum absolute atomic E-state index is 0.132. The van der Waals surface area contributed by atoms with Crippen LogP contribution in [0.2, 0.25) is 0 Å². The maximum atomic E-state index is 13.8. The molecule has 7 nitrogen and oxygen atoms in total. The molecule has 3 aromatic carbocycles. The van der Waals surface area contributed by atoms with Crippen molar-refractivity contribution >= 4 is 22.6 Å². The van der Waals surface area contributed by atoms with Crippen LogP contribution in [-0.4, -0.2) is 15.5 Å². The number of fused-ring (bicyclic) bond motifs is 3. The Kier molecular flexibility index (Phi) is 4.36. The average molecular weight is 412 g/mol. The lowest BCUT2D eigenvalue weighted by Crippen LogP contribution is -2.32. The number of rotatable bonds is 3. The summed E-state index contributed by atoms with van der Waals surface area (Å²) in [4.78, 5) is 37.5. The number of pyridine rings is 1. The van der Waals surface area contributed by atoms with Crippen LogP contribution in [-0.2, 0) is 4.79 Å². The molecule has 1 atom stereocenters. The van der Waals surface area contributed by atoms with Crippen molar-refractivity contribution in [2.75, 3.05) is 0 Å². The standard InChI is InChI=1S/C24H16N2O5/c27-21-14-18(16-10-4-7-13-20(16)26(29)30)22-23(31-21)17-11-5-6-12-19(17)25(24(22)28)15-8-2-1-3-9-15/h1-13,18H,14H2. The highest BCUT2D eigenvalue weighted by Crippen LogP contribution is 2.43. The van der Waals surface area contributed by atoms with Crippen molar-refractivity contribution in [1.82, 2.24) is 4.57 Å². The van der Waals surface area contributed by atoms with Gasteiger partial charge in [0.05, 0.1) is 22.4 Å². The molecule has 1 aliphatic rings. The molecule has 0 amide bonds. The summed E-state index contributed by atoms with van der Waals surface area (Å²) in [5.74, 6) is -1.14. The fraction of sp³-hybridized carbons (Fsp3) is 0.0833. The van der Waals surface area contributed by atoms with Crippen molar-refractivity contribution in [3.8, 4) is 11.4 Å². The molecule has 0 fully saturated rings. The van der Waals surface area contributed by atoms with Gasteiger partial charge in [-0.2, -0.15) is 0 Å². The zero-order valence-corrected chi connectivity index (χ0v) is 16.2. The Labute approximate surface area is 176 Å². The fourth-order valence-electron chi connectivity index (χ4n) is 4.22. The van der Waals surface area contributed by atoms with E-state index in [-0.39, 0.29) is 29.0 Å². The van der Waals surface area contributed by atoms with Gasteiger partial charge in [0.15, 0.2) is 0 Å². The molecular weight excluding hydrogens is 396 g/mol. The molecule has 0 N–H and O–H groups in total. The molecule has 0 saturated carbocycles. The Balaban J connectivity index is 1.89. The second-order valence-corrected chi connectivity index (χ2v) is 7.28. The molecule has 0 spiro atoms. The second kappa shape index (κ2) is 7.21. The number of benzene rings is 3. The first kappa shape index (κ1) is 18.7. The van der Waals surface area contributed by atoms with Crippen molar-refractivity contribution in [2.24, 2.45) is 0 Å². The van der Waals surface area contributed by atoms with Crippen LogP contribution < -0.4 is 10.3 Å². The molecular formula is C24H16N2O5. The Morgan fingerprint density at radius 1 is 0.903 bits per heavy atom. The van der Waals surface area contributed by atoms with E-state index < -0.39 is 16.8 Å². The number of esters is 1. The van der Waals surface area contributed by atoms with Gasteiger partial charge in [-0.15, -0.1) is 0 Å². The highest BCUT2D eigenvalue weighted by molar-refractivity contribution is 5.92.